The molecular formula is C21H20F3N3O. The second-order valence-electron chi connectivity index (χ2n) is 6.70. The summed E-state index contributed by atoms with van der Waals surface area (Å²) in [4.78, 5) is 16.5. The topological polar surface area (TPSA) is 47.3 Å². The maximum absolute atomic E-state index is 13.0. The number of nitriles is 1. The lowest BCUT2D eigenvalue weighted by Crippen LogP contribution is -2.56. The summed E-state index contributed by atoms with van der Waals surface area (Å²) in [6.07, 6.45) is -4.06. The van der Waals surface area contributed by atoms with Crippen molar-refractivity contribution in [1.82, 2.24) is 4.90 Å². The van der Waals surface area contributed by atoms with E-state index >= 15 is 0 Å². The lowest BCUT2D eigenvalue weighted by molar-refractivity contribution is -0.138. The van der Waals surface area contributed by atoms with E-state index in [-0.39, 0.29) is 5.91 Å². The first-order valence-corrected chi connectivity index (χ1v) is 9.06. The van der Waals surface area contributed by atoms with Crippen LogP contribution >= 0.6 is 0 Å². The summed E-state index contributed by atoms with van der Waals surface area (Å²) < 4.78 is 39.1. The number of nitrogens with zero attached hydrogens (tertiary/aromatic N) is 3. The Balaban J connectivity index is 1.84. The second-order valence-corrected chi connectivity index (χ2v) is 6.70. The van der Waals surface area contributed by atoms with Crippen LogP contribution in [0.4, 0.5) is 18.9 Å². The molecule has 28 heavy (non-hydrogen) atoms. The Morgan fingerprint density at radius 3 is 2.46 bits per heavy atom. The molecule has 4 nitrogen and oxygen atoms in total. The largest absolute Gasteiger partial charge is 0.417 e. The Morgan fingerprint density at radius 2 is 1.86 bits per heavy atom. The van der Waals surface area contributed by atoms with Crippen LogP contribution in [0.25, 0.3) is 0 Å². The van der Waals surface area contributed by atoms with Gasteiger partial charge in [-0.05, 0) is 30.2 Å². The monoisotopic (exact) mass is 387 g/mol. The zero-order chi connectivity index (χ0) is 20.3. The number of carbonyl (C=O) groups is 1. The van der Waals surface area contributed by atoms with Crippen LogP contribution < -0.4 is 4.90 Å². The molecule has 0 aliphatic carbocycles. The minimum absolute atomic E-state index is 0.0593. The Bertz CT molecular complexity index is 890. The van der Waals surface area contributed by atoms with E-state index in [4.69, 9.17) is 5.26 Å². The maximum atomic E-state index is 13.0. The van der Waals surface area contributed by atoms with Crippen LogP contribution in [-0.4, -0.2) is 29.9 Å². The molecule has 1 atom stereocenters. The predicted molar refractivity (Wildman–Crippen MR) is 99.4 cm³/mol. The van der Waals surface area contributed by atoms with Crippen LogP contribution in [0.1, 0.15) is 30.0 Å². The van der Waals surface area contributed by atoms with Crippen LogP contribution in [0.2, 0.25) is 0 Å². The molecule has 1 unspecified atom stereocenters. The van der Waals surface area contributed by atoms with Crippen molar-refractivity contribution in [3.05, 3.63) is 65.2 Å². The molecule has 7 heteroatoms. The molecule has 0 N–H and O–H groups in total. The van der Waals surface area contributed by atoms with Crippen molar-refractivity contribution >= 4 is 11.6 Å². The average molecular weight is 387 g/mol. The molecule has 1 amide bonds. The van der Waals surface area contributed by atoms with Crippen molar-refractivity contribution in [3.63, 3.8) is 0 Å². The molecule has 3 rings (SSSR count). The number of amides is 1. The van der Waals surface area contributed by atoms with Crippen molar-refractivity contribution in [2.45, 2.75) is 32.1 Å². The van der Waals surface area contributed by atoms with Crippen LogP contribution in [0, 0.1) is 11.3 Å². The molecule has 1 fully saturated rings. The molecule has 0 spiro atoms. The normalized spacial score (nSPS) is 17.5. The molecule has 0 aromatic heterocycles. The van der Waals surface area contributed by atoms with Gasteiger partial charge < -0.3 is 9.80 Å². The fraction of sp³-hybridized carbons (Fsp3) is 0.333. The van der Waals surface area contributed by atoms with Gasteiger partial charge in [0.2, 0.25) is 5.91 Å². The van der Waals surface area contributed by atoms with Gasteiger partial charge in [-0.15, -0.1) is 0 Å². The predicted octanol–water partition coefficient (Wildman–Crippen LogP) is 4.20. The number of hydrogen-bond donors (Lipinski definition) is 0. The van der Waals surface area contributed by atoms with Gasteiger partial charge in [-0.3, -0.25) is 4.79 Å². The van der Waals surface area contributed by atoms with Gasteiger partial charge in [0.1, 0.15) is 6.04 Å². The number of alkyl halides is 3. The van der Waals surface area contributed by atoms with E-state index in [0.717, 1.165) is 11.6 Å². The number of carbonyl (C=O) groups excluding carboxylic acids is 1. The Kier molecular flexibility index (Phi) is 5.59. The van der Waals surface area contributed by atoms with Crippen LogP contribution in [0.15, 0.2) is 48.5 Å². The highest BCUT2D eigenvalue weighted by Crippen LogP contribution is 2.34. The fourth-order valence-corrected chi connectivity index (χ4v) is 3.55. The summed E-state index contributed by atoms with van der Waals surface area (Å²) in [5.41, 5.74) is 0.101. The van der Waals surface area contributed by atoms with Crippen molar-refractivity contribution in [2.24, 2.45) is 0 Å². The van der Waals surface area contributed by atoms with E-state index in [1.165, 1.54) is 12.1 Å². The quantitative estimate of drug-likeness (QED) is 0.790. The lowest BCUT2D eigenvalue weighted by atomic mass is 10.0. The summed E-state index contributed by atoms with van der Waals surface area (Å²) >= 11 is 0. The highest BCUT2D eigenvalue weighted by molar-refractivity contribution is 5.86. The van der Waals surface area contributed by atoms with Crippen molar-refractivity contribution in [3.8, 4) is 6.07 Å². The molecule has 2 aromatic carbocycles. The molecule has 1 saturated heterocycles. The summed E-state index contributed by atoms with van der Waals surface area (Å²) in [6.45, 7) is 3.33. The van der Waals surface area contributed by atoms with E-state index in [2.05, 4.69) is 0 Å². The van der Waals surface area contributed by atoms with Gasteiger partial charge in [0.05, 0.1) is 17.2 Å². The van der Waals surface area contributed by atoms with Gasteiger partial charge in [-0.25, -0.2) is 0 Å². The third-order valence-electron chi connectivity index (χ3n) is 4.95. The van der Waals surface area contributed by atoms with Crippen LogP contribution in [0.5, 0.6) is 0 Å². The van der Waals surface area contributed by atoms with Gasteiger partial charge in [0.25, 0.3) is 0 Å². The summed E-state index contributed by atoms with van der Waals surface area (Å²) in [5, 5.41) is 9.14. The van der Waals surface area contributed by atoms with Gasteiger partial charge in [-0.1, -0.05) is 37.3 Å². The van der Waals surface area contributed by atoms with Gasteiger partial charge in [0, 0.05) is 25.3 Å². The van der Waals surface area contributed by atoms with E-state index in [1.807, 2.05) is 37.3 Å². The summed E-state index contributed by atoms with van der Waals surface area (Å²) in [6, 6.07) is 14.3. The van der Waals surface area contributed by atoms with Gasteiger partial charge in [0.15, 0.2) is 0 Å². The SMILES string of the molecule is CCC1C(=O)N(Cc2ccccc2)CCN1c1ccc(C(F)(F)F)c(C#N)c1. The highest BCUT2D eigenvalue weighted by Gasteiger charge is 2.36. The van der Waals surface area contributed by atoms with Crippen LogP contribution in [-0.2, 0) is 17.5 Å². The fourth-order valence-electron chi connectivity index (χ4n) is 3.55. The average Bonchev–Trinajstić information content (AvgIpc) is 2.69. The molecule has 0 bridgehead atoms. The molecule has 146 valence electrons. The third-order valence-corrected chi connectivity index (χ3v) is 4.95. The second kappa shape index (κ2) is 7.93. The zero-order valence-corrected chi connectivity index (χ0v) is 15.4. The first kappa shape index (κ1) is 19.7. The van der Waals surface area contributed by atoms with Crippen molar-refractivity contribution in [1.29, 1.82) is 5.26 Å². The minimum Gasteiger partial charge on any atom is -0.358 e. The van der Waals surface area contributed by atoms with E-state index < -0.39 is 23.3 Å². The first-order valence-electron chi connectivity index (χ1n) is 9.06. The Hall–Kier alpha value is -3.01. The van der Waals surface area contributed by atoms with E-state index in [9.17, 15) is 18.0 Å². The molecule has 0 radical (unpaired) electrons. The van der Waals surface area contributed by atoms with E-state index in [0.29, 0.717) is 31.7 Å². The standard InChI is InChI=1S/C21H20F3N3O/c1-2-19-20(28)26(14-15-6-4-3-5-7-15)10-11-27(19)17-8-9-18(21(22,23)24)16(12-17)13-25/h3-9,12,19H,2,10-11,14H2,1H3. The Labute approximate surface area is 161 Å². The molecule has 1 aliphatic rings. The molecule has 1 heterocycles. The summed E-state index contributed by atoms with van der Waals surface area (Å²) in [7, 11) is 0. The number of hydrogen-bond acceptors (Lipinski definition) is 3. The van der Waals surface area contributed by atoms with Gasteiger partial charge in [-0.2, -0.15) is 18.4 Å². The third kappa shape index (κ3) is 3.96. The molecule has 0 saturated carbocycles. The number of piperazine rings is 1. The highest BCUT2D eigenvalue weighted by atomic mass is 19.4. The smallest absolute Gasteiger partial charge is 0.358 e. The maximum Gasteiger partial charge on any atom is 0.417 e. The minimum atomic E-state index is -4.59. The van der Waals surface area contributed by atoms with Crippen molar-refractivity contribution in [2.75, 3.05) is 18.0 Å². The number of rotatable bonds is 4. The lowest BCUT2D eigenvalue weighted by Gasteiger charge is -2.42. The Morgan fingerprint density at radius 1 is 1.14 bits per heavy atom. The number of benzene rings is 2. The molecule has 2 aromatic rings. The van der Waals surface area contributed by atoms with E-state index in [1.54, 1.807) is 15.9 Å². The zero-order valence-electron chi connectivity index (χ0n) is 15.4. The first-order chi connectivity index (χ1) is 13.3. The van der Waals surface area contributed by atoms with Crippen molar-refractivity contribution < 1.29 is 18.0 Å². The summed E-state index contributed by atoms with van der Waals surface area (Å²) in [5.74, 6) is -0.0593. The number of anilines is 1. The molecule has 1 aliphatic heterocycles. The van der Waals surface area contributed by atoms with Crippen LogP contribution in [0.3, 0.4) is 0 Å². The molecular weight excluding hydrogens is 367 g/mol. The number of halogens is 3. The van der Waals surface area contributed by atoms with Gasteiger partial charge >= 0.3 is 6.18 Å².